The maximum absolute atomic E-state index is 12.1. The van der Waals surface area contributed by atoms with Crippen LogP contribution in [0.5, 0.6) is 5.75 Å². The second-order valence-electron chi connectivity index (χ2n) is 4.26. The van der Waals surface area contributed by atoms with Gasteiger partial charge in [-0.1, -0.05) is 37.5 Å². The van der Waals surface area contributed by atoms with E-state index < -0.39 is 7.60 Å². The van der Waals surface area contributed by atoms with Crippen molar-refractivity contribution >= 4 is 7.60 Å². The van der Waals surface area contributed by atoms with Gasteiger partial charge in [-0.05, 0) is 25.0 Å². The van der Waals surface area contributed by atoms with E-state index in [0.29, 0.717) is 5.75 Å². The molecule has 1 aromatic rings. The first-order valence-corrected chi connectivity index (χ1v) is 7.40. The third-order valence-electron chi connectivity index (χ3n) is 3.02. The highest BCUT2D eigenvalue weighted by Crippen LogP contribution is 2.52. The van der Waals surface area contributed by atoms with Crippen molar-refractivity contribution in [3.8, 4) is 5.75 Å². The lowest BCUT2D eigenvalue weighted by molar-refractivity contribution is 0.343. The van der Waals surface area contributed by atoms with Gasteiger partial charge in [-0.3, -0.25) is 0 Å². The monoisotopic (exact) mass is 240 g/mol. The standard InChI is InChI=1S/C12H17O3P/c13-16(14,12-9-5-2-6-10-12)15-11-7-3-1-4-8-11/h1,3-4,7-8,12H,2,5-6,9-10H2,(H,13,14). The van der Waals surface area contributed by atoms with Crippen molar-refractivity contribution in [3.05, 3.63) is 30.3 Å². The van der Waals surface area contributed by atoms with Crippen molar-refractivity contribution in [3.63, 3.8) is 0 Å². The minimum absolute atomic E-state index is 0.179. The highest BCUT2D eigenvalue weighted by molar-refractivity contribution is 7.54. The number of rotatable bonds is 3. The average Bonchev–Trinajstić information content (AvgIpc) is 2.31. The number of hydrogen-bond acceptors (Lipinski definition) is 2. The van der Waals surface area contributed by atoms with E-state index in [-0.39, 0.29) is 5.66 Å². The van der Waals surface area contributed by atoms with Crippen molar-refractivity contribution in [1.29, 1.82) is 0 Å². The summed E-state index contributed by atoms with van der Waals surface area (Å²) in [5.41, 5.74) is -0.179. The van der Waals surface area contributed by atoms with Crippen molar-refractivity contribution < 1.29 is 14.0 Å². The Hall–Kier alpha value is -0.790. The van der Waals surface area contributed by atoms with Gasteiger partial charge in [-0.15, -0.1) is 0 Å². The summed E-state index contributed by atoms with van der Waals surface area (Å²) >= 11 is 0. The molecule has 1 N–H and O–H groups in total. The van der Waals surface area contributed by atoms with Crippen LogP contribution >= 0.6 is 7.60 Å². The van der Waals surface area contributed by atoms with Gasteiger partial charge in [0.15, 0.2) is 0 Å². The Morgan fingerprint density at radius 3 is 2.38 bits per heavy atom. The molecule has 0 spiro atoms. The molecule has 1 aromatic carbocycles. The molecule has 1 aliphatic carbocycles. The zero-order chi connectivity index (χ0) is 11.4. The number of hydrogen-bond donors (Lipinski definition) is 1. The summed E-state index contributed by atoms with van der Waals surface area (Å²) in [7, 11) is -3.49. The highest BCUT2D eigenvalue weighted by atomic mass is 31.2. The van der Waals surface area contributed by atoms with E-state index in [1.54, 1.807) is 24.3 Å². The molecule has 2 rings (SSSR count). The molecular formula is C12H17O3P. The first kappa shape index (κ1) is 11.7. The van der Waals surface area contributed by atoms with Gasteiger partial charge in [0.2, 0.25) is 0 Å². The summed E-state index contributed by atoms with van der Waals surface area (Å²) in [5, 5.41) is 0. The van der Waals surface area contributed by atoms with Gasteiger partial charge in [0, 0.05) is 0 Å². The maximum Gasteiger partial charge on any atom is 0.379 e. The molecule has 0 amide bonds. The van der Waals surface area contributed by atoms with Gasteiger partial charge in [-0.2, -0.15) is 0 Å². The molecule has 0 aromatic heterocycles. The van der Waals surface area contributed by atoms with E-state index in [0.717, 1.165) is 25.7 Å². The van der Waals surface area contributed by atoms with Crippen LogP contribution in [-0.2, 0) is 4.57 Å². The van der Waals surface area contributed by atoms with Gasteiger partial charge in [-0.25, -0.2) is 4.57 Å². The first-order chi connectivity index (χ1) is 7.68. The predicted molar refractivity (Wildman–Crippen MR) is 63.8 cm³/mol. The second-order valence-corrected chi connectivity index (χ2v) is 6.30. The summed E-state index contributed by atoms with van der Waals surface area (Å²) < 4.78 is 17.3. The molecule has 0 radical (unpaired) electrons. The Morgan fingerprint density at radius 2 is 1.75 bits per heavy atom. The van der Waals surface area contributed by atoms with Gasteiger partial charge < -0.3 is 9.42 Å². The lowest BCUT2D eigenvalue weighted by Gasteiger charge is -2.25. The molecule has 0 bridgehead atoms. The van der Waals surface area contributed by atoms with Crippen molar-refractivity contribution in [1.82, 2.24) is 0 Å². The summed E-state index contributed by atoms with van der Waals surface area (Å²) in [5.74, 6) is 0.485. The maximum atomic E-state index is 12.1. The van der Waals surface area contributed by atoms with Crippen LogP contribution in [0.1, 0.15) is 32.1 Å². The molecule has 1 fully saturated rings. The molecule has 3 nitrogen and oxygen atoms in total. The molecule has 16 heavy (non-hydrogen) atoms. The zero-order valence-corrected chi connectivity index (χ0v) is 10.1. The molecule has 1 atom stereocenters. The van der Waals surface area contributed by atoms with Gasteiger partial charge >= 0.3 is 7.60 Å². The zero-order valence-electron chi connectivity index (χ0n) is 9.21. The lowest BCUT2D eigenvalue weighted by atomic mass is 10.0. The fraction of sp³-hybridized carbons (Fsp3) is 0.500. The van der Waals surface area contributed by atoms with Crippen molar-refractivity contribution in [2.45, 2.75) is 37.8 Å². The van der Waals surface area contributed by atoms with E-state index in [9.17, 15) is 9.46 Å². The summed E-state index contributed by atoms with van der Waals surface area (Å²) in [6, 6.07) is 8.89. The predicted octanol–water partition coefficient (Wildman–Crippen LogP) is 3.58. The largest absolute Gasteiger partial charge is 0.424 e. The molecule has 1 saturated carbocycles. The normalized spacial score (nSPS) is 21.3. The van der Waals surface area contributed by atoms with Gasteiger partial charge in [0.1, 0.15) is 5.75 Å². The quantitative estimate of drug-likeness (QED) is 0.821. The van der Waals surface area contributed by atoms with Gasteiger partial charge in [0.25, 0.3) is 0 Å². The Balaban J connectivity index is 2.04. The van der Waals surface area contributed by atoms with Gasteiger partial charge in [0.05, 0.1) is 5.66 Å². The Morgan fingerprint density at radius 1 is 1.12 bits per heavy atom. The van der Waals surface area contributed by atoms with Crippen LogP contribution in [0.15, 0.2) is 30.3 Å². The molecule has 0 saturated heterocycles. The molecule has 0 aliphatic heterocycles. The van der Waals surface area contributed by atoms with E-state index in [1.807, 2.05) is 6.07 Å². The van der Waals surface area contributed by atoms with Crippen LogP contribution in [-0.4, -0.2) is 10.6 Å². The van der Waals surface area contributed by atoms with Crippen molar-refractivity contribution in [2.24, 2.45) is 0 Å². The Kier molecular flexibility index (Phi) is 3.67. The third-order valence-corrected chi connectivity index (χ3v) is 4.93. The Bertz CT molecular complexity index is 371. The summed E-state index contributed by atoms with van der Waals surface area (Å²) in [6.45, 7) is 0. The molecule has 0 heterocycles. The minimum Gasteiger partial charge on any atom is -0.424 e. The Labute approximate surface area is 96.0 Å². The number of benzene rings is 1. The smallest absolute Gasteiger partial charge is 0.379 e. The van der Waals surface area contributed by atoms with E-state index in [2.05, 4.69) is 0 Å². The first-order valence-electron chi connectivity index (χ1n) is 5.75. The third kappa shape index (κ3) is 2.87. The van der Waals surface area contributed by atoms with Crippen LogP contribution in [0.2, 0.25) is 0 Å². The number of para-hydroxylation sites is 1. The SMILES string of the molecule is O=P(O)(Oc1ccccc1)C1CCCCC1. The van der Waals surface area contributed by atoms with Crippen molar-refractivity contribution in [2.75, 3.05) is 0 Å². The highest BCUT2D eigenvalue weighted by Gasteiger charge is 2.34. The molecule has 88 valence electrons. The summed E-state index contributed by atoms with van der Waals surface area (Å²) in [4.78, 5) is 9.93. The second kappa shape index (κ2) is 5.03. The van der Waals surface area contributed by atoms with E-state index in [4.69, 9.17) is 4.52 Å². The van der Waals surface area contributed by atoms with Crippen LogP contribution < -0.4 is 4.52 Å². The van der Waals surface area contributed by atoms with Crippen LogP contribution in [0, 0.1) is 0 Å². The lowest BCUT2D eigenvalue weighted by Crippen LogP contribution is -2.15. The molecule has 4 heteroatoms. The van der Waals surface area contributed by atoms with Crippen LogP contribution in [0.3, 0.4) is 0 Å². The van der Waals surface area contributed by atoms with E-state index >= 15 is 0 Å². The molecular weight excluding hydrogens is 223 g/mol. The summed E-state index contributed by atoms with van der Waals surface area (Å²) in [6.07, 6.45) is 4.85. The molecule has 1 unspecified atom stereocenters. The molecule has 1 aliphatic rings. The topological polar surface area (TPSA) is 46.5 Å². The fourth-order valence-electron chi connectivity index (χ4n) is 2.11. The average molecular weight is 240 g/mol. The van der Waals surface area contributed by atoms with Crippen LogP contribution in [0.4, 0.5) is 0 Å². The van der Waals surface area contributed by atoms with E-state index in [1.165, 1.54) is 6.42 Å². The minimum atomic E-state index is -3.49. The van der Waals surface area contributed by atoms with Crippen LogP contribution in [0.25, 0.3) is 0 Å². The fourth-order valence-corrected chi connectivity index (χ4v) is 3.70.